The molecule has 0 amide bonds. The van der Waals surface area contributed by atoms with E-state index in [1.165, 1.54) is 0 Å². The van der Waals surface area contributed by atoms with Crippen LogP contribution in [0.3, 0.4) is 0 Å². The number of aliphatic hydroxyl groups is 1. The molecule has 76 valence electrons. The van der Waals surface area contributed by atoms with Gasteiger partial charge in [-0.2, -0.15) is 0 Å². The third kappa shape index (κ3) is 1.72. The number of likely N-dealkylation sites (tertiary alicyclic amines) is 1. The average molecular weight is 185 g/mol. The van der Waals surface area contributed by atoms with Gasteiger partial charge < -0.3 is 15.3 Å². The van der Waals surface area contributed by atoms with Gasteiger partial charge in [0, 0.05) is 38.3 Å². The van der Waals surface area contributed by atoms with Crippen molar-refractivity contribution in [1.29, 1.82) is 0 Å². The van der Waals surface area contributed by atoms with E-state index >= 15 is 0 Å². The molecule has 0 spiro atoms. The van der Waals surface area contributed by atoms with Gasteiger partial charge in [-0.15, -0.1) is 0 Å². The molecular formula is C9H19N3O. The van der Waals surface area contributed by atoms with Gasteiger partial charge in [0.2, 0.25) is 0 Å². The van der Waals surface area contributed by atoms with E-state index in [1.807, 2.05) is 0 Å². The highest BCUT2D eigenvalue weighted by Gasteiger charge is 2.38. The van der Waals surface area contributed by atoms with Crippen LogP contribution in [-0.4, -0.2) is 73.4 Å². The molecule has 0 bridgehead atoms. The quantitative estimate of drug-likeness (QED) is 0.553. The molecule has 2 N–H and O–H groups in total. The first-order valence-corrected chi connectivity index (χ1v) is 4.97. The number of nitrogens with one attached hydrogen (secondary N) is 1. The molecule has 2 atom stereocenters. The lowest BCUT2D eigenvalue weighted by Crippen LogP contribution is -2.62. The summed E-state index contributed by atoms with van der Waals surface area (Å²) in [5.41, 5.74) is 0. The molecule has 2 aliphatic heterocycles. The number of hydrogen-bond acceptors (Lipinski definition) is 4. The minimum atomic E-state index is -0.164. The Kier molecular flexibility index (Phi) is 2.55. The fraction of sp³-hybridized carbons (Fsp3) is 1.00. The average Bonchev–Trinajstić information content (AvgIpc) is 2.32. The molecule has 2 aliphatic rings. The molecule has 13 heavy (non-hydrogen) atoms. The summed E-state index contributed by atoms with van der Waals surface area (Å²) >= 11 is 0. The Morgan fingerprint density at radius 3 is 2.46 bits per heavy atom. The number of rotatable bonds is 2. The maximum absolute atomic E-state index is 9.63. The van der Waals surface area contributed by atoms with E-state index in [1.54, 1.807) is 0 Å². The van der Waals surface area contributed by atoms with Gasteiger partial charge in [-0.3, -0.25) is 4.90 Å². The van der Waals surface area contributed by atoms with Crippen molar-refractivity contribution in [2.24, 2.45) is 0 Å². The van der Waals surface area contributed by atoms with Crippen molar-refractivity contribution in [2.75, 3.05) is 40.3 Å². The van der Waals surface area contributed by atoms with Crippen molar-refractivity contribution >= 4 is 0 Å². The lowest BCUT2D eigenvalue weighted by atomic mass is 10.0. The number of likely N-dealkylation sites (N-methyl/N-ethyl adjacent to an activating group) is 1. The molecule has 4 heteroatoms. The monoisotopic (exact) mass is 185 g/mol. The highest BCUT2D eigenvalue weighted by atomic mass is 16.3. The minimum Gasteiger partial charge on any atom is -0.390 e. The van der Waals surface area contributed by atoms with Crippen molar-refractivity contribution in [1.82, 2.24) is 15.1 Å². The summed E-state index contributed by atoms with van der Waals surface area (Å²) in [5, 5.41) is 12.8. The van der Waals surface area contributed by atoms with Gasteiger partial charge in [-0.05, 0) is 14.1 Å². The number of aliphatic hydroxyl groups excluding tert-OH is 1. The van der Waals surface area contributed by atoms with E-state index in [0.29, 0.717) is 12.1 Å². The van der Waals surface area contributed by atoms with Crippen LogP contribution < -0.4 is 5.32 Å². The van der Waals surface area contributed by atoms with E-state index in [0.717, 1.165) is 26.2 Å². The Morgan fingerprint density at radius 1 is 1.31 bits per heavy atom. The third-order valence-corrected chi connectivity index (χ3v) is 3.24. The van der Waals surface area contributed by atoms with Crippen LogP contribution in [0.5, 0.6) is 0 Å². The van der Waals surface area contributed by atoms with E-state index in [4.69, 9.17) is 0 Å². The van der Waals surface area contributed by atoms with Gasteiger partial charge in [-0.1, -0.05) is 0 Å². The highest BCUT2D eigenvalue weighted by molar-refractivity contribution is 4.96. The van der Waals surface area contributed by atoms with Crippen LogP contribution in [0.25, 0.3) is 0 Å². The standard InChI is InChI=1S/C9H19N3O/c1-11(2)7-5-12(6-7)8-3-10-4-9(8)13/h7-10,13H,3-6H2,1-2H3. The normalized spacial score (nSPS) is 36.9. The summed E-state index contributed by atoms with van der Waals surface area (Å²) < 4.78 is 0. The predicted octanol–water partition coefficient (Wildman–Crippen LogP) is -1.44. The summed E-state index contributed by atoms with van der Waals surface area (Å²) in [6.07, 6.45) is -0.164. The van der Waals surface area contributed by atoms with Crippen molar-refractivity contribution in [3.8, 4) is 0 Å². The fourth-order valence-corrected chi connectivity index (χ4v) is 2.11. The van der Waals surface area contributed by atoms with Crippen LogP contribution in [0.15, 0.2) is 0 Å². The van der Waals surface area contributed by atoms with Crippen LogP contribution in [0.1, 0.15) is 0 Å². The lowest BCUT2D eigenvalue weighted by Gasteiger charge is -2.46. The SMILES string of the molecule is CN(C)C1CN(C2CNCC2O)C1. The van der Waals surface area contributed by atoms with Crippen molar-refractivity contribution < 1.29 is 5.11 Å². The second kappa shape index (κ2) is 3.53. The molecule has 2 unspecified atom stereocenters. The van der Waals surface area contributed by atoms with Gasteiger partial charge in [0.25, 0.3) is 0 Å². The first kappa shape index (κ1) is 9.40. The summed E-state index contributed by atoms with van der Waals surface area (Å²) in [5.74, 6) is 0. The van der Waals surface area contributed by atoms with Crippen molar-refractivity contribution in [3.05, 3.63) is 0 Å². The zero-order chi connectivity index (χ0) is 9.42. The van der Waals surface area contributed by atoms with E-state index < -0.39 is 0 Å². The summed E-state index contributed by atoms with van der Waals surface area (Å²) in [7, 11) is 4.23. The second-order valence-electron chi connectivity index (χ2n) is 4.36. The predicted molar refractivity (Wildman–Crippen MR) is 51.7 cm³/mol. The number of hydrogen-bond donors (Lipinski definition) is 2. The first-order chi connectivity index (χ1) is 6.18. The molecule has 2 heterocycles. The molecule has 4 nitrogen and oxygen atoms in total. The molecule has 0 aromatic carbocycles. The Balaban J connectivity index is 1.79. The molecule has 0 aromatic heterocycles. The van der Waals surface area contributed by atoms with Crippen LogP contribution in [0, 0.1) is 0 Å². The molecule has 0 aliphatic carbocycles. The maximum atomic E-state index is 9.63. The summed E-state index contributed by atoms with van der Waals surface area (Å²) in [4.78, 5) is 4.63. The smallest absolute Gasteiger partial charge is 0.0831 e. The lowest BCUT2D eigenvalue weighted by molar-refractivity contribution is -0.00693. The molecule has 0 radical (unpaired) electrons. The summed E-state index contributed by atoms with van der Waals surface area (Å²) in [6.45, 7) is 3.92. The van der Waals surface area contributed by atoms with Crippen molar-refractivity contribution in [3.63, 3.8) is 0 Å². The third-order valence-electron chi connectivity index (χ3n) is 3.24. The number of nitrogens with zero attached hydrogens (tertiary/aromatic N) is 2. The topological polar surface area (TPSA) is 38.7 Å². The van der Waals surface area contributed by atoms with Crippen molar-refractivity contribution in [2.45, 2.75) is 18.2 Å². The van der Waals surface area contributed by atoms with E-state index in [-0.39, 0.29) is 6.10 Å². The fourth-order valence-electron chi connectivity index (χ4n) is 2.11. The van der Waals surface area contributed by atoms with Gasteiger partial charge in [0.05, 0.1) is 6.10 Å². The van der Waals surface area contributed by atoms with Crippen LogP contribution in [-0.2, 0) is 0 Å². The molecular weight excluding hydrogens is 166 g/mol. The van der Waals surface area contributed by atoms with E-state index in [2.05, 4.69) is 29.2 Å². The largest absolute Gasteiger partial charge is 0.390 e. The highest BCUT2D eigenvalue weighted by Crippen LogP contribution is 2.19. The Labute approximate surface area is 79.5 Å². The molecule has 0 aromatic rings. The van der Waals surface area contributed by atoms with Gasteiger partial charge in [0.1, 0.15) is 0 Å². The van der Waals surface area contributed by atoms with Gasteiger partial charge in [-0.25, -0.2) is 0 Å². The maximum Gasteiger partial charge on any atom is 0.0831 e. The Bertz CT molecular complexity index is 180. The second-order valence-corrected chi connectivity index (χ2v) is 4.36. The zero-order valence-electron chi connectivity index (χ0n) is 8.40. The van der Waals surface area contributed by atoms with Gasteiger partial charge >= 0.3 is 0 Å². The van der Waals surface area contributed by atoms with Gasteiger partial charge in [0.15, 0.2) is 0 Å². The Hall–Kier alpha value is -0.160. The van der Waals surface area contributed by atoms with Crippen LogP contribution in [0.4, 0.5) is 0 Å². The number of β-amino-alcohol motifs (C(OH)–C–C–N with tert-alkyl or cyclic N) is 1. The van der Waals surface area contributed by atoms with Crippen LogP contribution in [0.2, 0.25) is 0 Å². The first-order valence-electron chi connectivity index (χ1n) is 4.97. The Morgan fingerprint density at radius 2 is 2.00 bits per heavy atom. The summed E-state index contributed by atoms with van der Waals surface area (Å²) in [6, 6.07) is 1.05. The minimum absolute atomic E-state index is 0.164. The van der Waals surface area contributed by atoms with Crippen LogP contribution >= 0.6 is 0 Å². The molecule has 2 rings (SSSR count). The molecule has 2 fully saturated rings. The van der Waals surface area contributed by atoms with E-state index in [9.17, 15) is 5.11 Å². The molecule has 2 saturated heterocycles. The zero-order valence-corrected chi connectivity index (χ0v) is 8.40. The molecule has 0 saturated carbocycles.